The van der Waals surface area contributed by atoms with Crippen LogP contribution in [0.2, 0.25) is 0 Å². The van der Waals surface area contributed by atoms with Gasteiger partial charge in [0.05, 0.1) is 51.4 Å². The van der Waals surface area contributed by atoms with Crippen molar-refractivity contribution in [2.45, 2.75) is 53.4 Å². The van der Waals surface area contributed by atoms with Crippen LogP contribution in [-0.4, -0.2) is 42.9 Å². The van der Waals surface area contributed by atoms with Crippen molar-refractivity contribution < 1.29 is 33.3 Å². The fraction of sp³-hybridized carbons (Fsp3) is 0.297. The molecule has 1 atom stereocenters. The highest BCUT2D eigenvalue weighted by molar-refractivity contribution is 14.1. The van der Waals surface area contributed by atoms with E-state index in [1.54, 1.807) is 56.7 Å². The molecule has 0 saturated carbocycles. The maximum Gasteiger partial charge on any atom is 0.338 e. The number of hydrogen-bond donors (Lipinski definition) is 0. The van der Waals surface area contributed by atoms with Crippen molar-refractivity contribution >= 4 is 51.9 Å². The number of halogens is 1. The van der Waals surface area contributed by atoms with Crippen LogP contribution in [-0.2, 0) is 20.9 Å². The van der Waals surface area contributed by atoms with E-state index in [0.717, 1.165) is 14.7 Å². The quantitative estimate of drug-likeness (QED) is 0.128. The Morgan fingerprint density at radius 2 is 1.69 bits per heavy atom. The summed E-state index contributed by atoms with van der Waals surface area (Å²) in [5.74, 6) is 0.703. The Bertz CT molecular complexity index is 2080. The molecule has 10 nitrogen and oxygen atoms in total. The second-order valence-corrected chi connectivity index (χ2v) is 13.4. The van der Waals surface area contributed by atoms with Gasteiger partial charge in [0.2, 0.25) is 0 Å². The molecule has 5 rings (SSSR count). The zero-order chi connectivity index (χ0) is 35.2. The van der Waals surface area contributed by atoms with E-state index in [1.165, 1.54) is 11.3 Å². The third-order valence-electron chi connectivity index (χ3n) is 7.49. The third-order valence-corrected chi connectivity index (χ3v) is 9.28. The minimum atomic E-state index is -0.802. The number of methoxy groups -OCH3 is 1. The molecule has 0 bridgehead atoms. The van der Waals surface area contributed by atoms with Crippen molar-refractivity contribution in [2.24, 2.45) is 4.99 Å². The van der Waals surface area contributed by atoms with Gasteiger partial charge in [-0.2, -0.15) is 0 Å². The molecule has 0 amide bonds. The van der Waals surface area contributed by atoms with Crippen LogP contribution in [0, 0.1) is 3.57 Å². The number of nitrogens with zero attached hydrogens (tertiary/aromatic N) is 2. The Kier molecular flexibility index (Phi) is 11.6. The number of allylic oxidation sites excluding steroid dienone is 1. The molecule has 0 N–H and O–H groups in total. The summed E-state index contributed by atoms with van der Waals surface area (Å²) in [6.45, 7) is 9.84. The smallest absolute Gasteiger partial charge is 0.338 e. The summed E-state index contributed by atoms with van der Waals surface area (Å²) in [5, 5.41) is 0. The summed E-state index contributed by atoms with van der Waals surface area (Å²) in [7, 11) is 1.56. The SMILES string of the molecule is CCOC(=O)C1=C(C)N=c2s/c(=C\c3cc(I)c(OCc4ccc(C(=O)OCC)cc4)c(OC)c3)c(=O)n2[C@H]1c1ccccc1OC(C)C. The molecular weight excluding hydrogens is 759 g/mol. The lowest BCUT2D eigenvalue weighted by Crippen LogP contribution is -2.40. The summed E-state index contributed by atoms with van der Waals surface area (Å²) >= 11 is 3.41. The van der Waals surface area contributed by atoms with Gasteiger partial charge in [-0.15, -0.1) is 0 Å². The lowest BCUT2D eigenvalue weighted by molar-refractivity contribution is -0.139. The second-order valence-electron chi connectivity index (χ2n) is 11.2. The lowest BCUT2D eigenvalue weighted by Gasteiger charge is -2.26. The number of hydrogen-bond acceptors (Lipinski definition) is 10. The number of ether oxygens (including phenoxy) is 5. The Hall–Kier alpha value is -4.43. The number of fused-ring (bicyclic) bond motifs is 1. The average Bonchev–Trinajstić information content (AvgIpc) is 3.37. The van der Waals surface area contributed by atoms with Gasteiger partial charge in [0.15, 0.2) is 16.3 Å². The summed E-state index contributed by atoms with van der Waals surface area (Å²) in [6.07, 6.45) is 1.65. The van der Waals surface area contributed by atoms with E-state index >= 15 is 0 Å². The monoisotopic (exact) mass is 796 g/mol. The number of thiazole rings is 1. The Morgan fingerprint density at radius 3 is 2.37 bits per heavy atom. The molecule has 4 aromatic rings. The number of aromatic nitrogens is 1. The van der Waals surface area contributed by atoms with Gasteiger partial charge in [-0.1, -0.05) is 41.7 Å². The summed E-state index contributed by atoms with van der Waals surface area (Å²) in [4.78, 5) is 44.7. The number of rotatable bonds is 12. The molecule has 1 aliphatic rings. The minimum absolute atomic E-state index is 0.130. The predicted molar refractivity (Wildman–Crippen MR) is 195 cm³/mol. The average molecular weight is 797 g/mol. The molecule has 0 saturated heterocycles. The number of para-hydroxylation sites is 1. The van der Waals surface area contributed by atoms with Crippen molar-refractivity contribution in [2.75, 3.05) is 20.3 Å². The van der Waals surface area contributed by atoms with E-state index in [1.807, 2.05) is 56.3 Å². The molecule has 0 aliphatic carbocycles. The number of carbonyl (C=O) groups excluding carboxylic acids is 2. The normalized spacial score (nSPS) is 14.3. The maximum atomic E-state index is 14.2. The predicted octanol–water partition coefficient (Wildman–Crippen LogP) is 5.95. The van der Waals surface area contributed by atoms with Crippen molar-refractivity contribution in [3.05, 3.63) is 117 Å². The van der Waals surface area contributed by atoms with E-state index in [2.05, 4.69) is 22.6 Å². The van der Waals surface area contributed by atoms with Crippen LogP contribution in [0.3, 0.4) is 0 Å². The van der Waals surface area contributed by atoms with Crippen LogP contribution in [0.1, 0.15) is 67.7 Å². The van der Waals surface area contributed by atoms with E-state index < -0.39 is 12.0 Å². The zero-order valence-electron chi connectivity index (χ0n) is 28.1. The van der Waals surface area contributed by atoms with Crippen molar-refractivity contribution in [1.29, 1.82) is 0 Å². The summed E-state index contributed by atoms with van der Waals surface area (Å²) < 4.78 is 31.2. The third kappa shape index (κ3) is 7.91. The highest BCUT2D eigenvalue weighted by Gasteiger charge is 2.35. The molecule has 0 unspecified atom stereocenters. The first-order chi connectivity index (χ1) is 23.6. The van der Waals surface area contributed by atoms with Gasteiger partial charge >= 0.3 is 11.9 Å². The lowest BCUT2D eigenvalue weighted by atomic mass is 9.95. The van der Waals surface area contributed by atoms with Crippen molar-refractivity contribution in [3.63, 3.8) is 0 Å². The molecule has 2 heterocycles. The number of benzene rings is 3. The molecule has 12 heteroatoms. The Balaban J connectivity index is 1.53. The fourth-order valence-electron chi connectivity index (χ4n) is 5.37. The molecule has 0 spiro atoms. The van der Waals surface area contributed by atoms with Crippen LogP contribution >= 0.6 is 33.9 Å². The van der Waals surface area contributed by atoms with Crippen LogP contribution < -0.4 is 29.1 Å². The van der Waals surface area contributed by atoms with Gasteiger partial charge in [-0.25, -0.2) is 14.6 Å². The first-order valence-corrected chi connectivity index (χ1v) is 17.7. The Labute approximate surface area is 301 Å². The molecule has 0 fully saturated rings. The highest BCUT2D eigenvalue weighted by Crippen LogP contribution is 2.37. The van der Waals surface area contributed by atoms with Gasteiger partial charge in [0, 0.05) is 5.56 Å². The summed E-state index contributed by atoms with van der Waals surface area (Å²) in [6, 6.07) is 17.3. The first-order valence-electron chi connectivity index (χ1n) is 15.8. The molecular formula is C37H37IN2O8S. The van der Waals surface area contributed by atoms with Gasteiger partial charge < -0.3 is 23.7 Å². The molecule has 1 aliphatic heterocycles. The van der Waals surface area contributed by atoms with E-state index in [-0.39, 0.29) is 36.4 Å². The topological polar surface area (TPSA) is 115 Å². The minimum Gasteiger partial charge on any atom is -0.493 e. The molecule has 3 aromatic carbocycles. The van der Waals surface area contributed by atoms with Crippen molar-refractivity contribution in [3.8, 4) is 17.2 Å². The summed E-state index contributed by atoms with van der Waals surface area (Å²) in [5.41, 5.74) is 3.18. The van der Waals surface area contributed by atoms with Gasteiger partial charge in [-0.05, 0) is 105 Å². The van der Waals surface area contributed by atoms with Crippen molar-refractivity contribution in [1.82, 2.24) is 4.57 Å². The molecule has 1 aromatic heterocycles. The molecule has 49 heavy (non-hydrogen) atoms. The highest BCUT2D eigenvalue weighted by atomic mass is 127. The van der Waals surface area contributed by atoms with Gasteiger partial charge in [0.25, 0.3) is 5.56 Å². The Morgan fingerprint density at radius 1 is 1.00 bits per heavy atom. The zero-order valence-corrected chi connectivity index (χ0v) is 31.0. The number of esters is 2. The van der Waals surface area contributed by atoms with Crippen LogP contribution in [0.4, 0.5) is 0 Å². The number of carbonyl (C=O) groups is 2. The largest absolute Gasteiger partial charge is 0.493 e. The standard InChI is InChI=1S/C37H37IN2O8S/c1-7-45-35(42)25-15-13-23(14-16-25)20-47-33-27(38)17-24(18-29(33)44-6)19-30-34(41)40-32(26-11-9-10-12-28(26)48-21(3)4)31(36(43)46-8-2)22(5)39-37(40)49-30/h9-19,21,32H,7-8,20H2,1-6H3/b30-19-/t32-/m0/s1. The van der Waals surface area contributed by atoms with Crippen LogP contribution in [0.25, 0.3) is 6.08 Å². The molecule has 256 valence electrons. The molecule has 0 radical (unpaired) electrons. The van der Waals surface area contributed by atoms with Crippen LogP contribution in [0.15, 0.2) is 81.7 Å². The van der Waals surface area contributed by atoms with Crippen LogP contribution in [0.5, 0.6) is 17.2 Å². The first kappa shape index (κ1) is 35.9. The fourth-order valence-corrected chi connectivity index (χ4v) is 7.20. The van der Waals surface area contributed by atoms with E-state index in [4.69, 9.17) is 28.7 Å². The van der Waals surface area contributed by atoms with E-state index in [0.29, 0.717) is 50.0 Å². The second kappa shape index (κ2) is 15.9. The van der Waals surface area contributed by atoms with E-state index in [9.17, 15) is 14.4 Å². The van der Waals surface area contributed by atoms with Gasteiger partial charge in [0.1, 0.15) is 18.4 Å². The maximum absolute atomic E-state index is 14.2. The van der Waals surface area contributed by atoms with Gasteiger partial charge in [-0.3, -0.25) is 9.36 Å².